The van der Waals surface area contributed by atoms with Crippen molar-refractivity contribution in [2.24, 2.45) is 0 Å². The minimum absolute atomic E-state index is 0.0486. The average molecular weight is 634 g/mol. The van der Waals surface area contributed by atoms with Crippen LogP contribution < -0.4 is 10.6 Å². The van der Waals surface area contributed by atoms with Crippen LogP contribution in [-0.4, -0.2) is 61.3 Å². The molecule has 3 atom stereocenters. The standard InChI is InChI=1S/C34H49F2N3O4S/c1-6-9-11-14-27-16-15-25(4)18-28(27)23-37-24-33(40)31(21-26-19-29(35)22-30(36)20-26)38-34(41)32(13-8-3)39(5)44(42,43)17-12-10-7-2/h6,8,15-16,18-20,22,31-33,37,40H,1,3,7,9-14,17,21,23-24H2,2,4-5H3,(H,38,41)/t31-,32-,33+/m0/s1. The molecule has 0 aliphatic rings. The van der Waals surface area contributed by atoms with Crippen LogP contribution in [0.15, 0.2) is 61.7 Å². The molecule has 3 N–H and O–H groups in total. The molecule has 2 rings (SSSR count). The fourth-order valence-corrected chi connectivity index (χ4v) is 6.52. The van der Waals surface area contributed by atoms with Gasteiger partial charge >= 0.3 is 0 Å². The monoisotopic (exact) mass is 633 g/mol. The van der Waals surface area contributed by atoms with E-state index in [2.05, 4.69) is 42.0 Å². The quantitative estimate of drug-likeness (QED) is 0.127. The van der Waals surface area contributed by atoms with Crippen LogP contribution in [0.3, 0.4) is 0 Å². The van der Waals surface area contributed by atoms with Crippen molar-refractivity contribution in [1.29, 1.82) is 0 Å². The zero-order valence-corrected chi connectivity index (χ0v) is 27.1. The second kappa shape index (κ2) is 18.8. The molecule has 0 spiro atoms. The highest BCUT2D eigenvalue weighted by molar-refractivity contribution is 7.89. The fourth-order valence-electron chi connectivity index (χ4n) is 5.09. The molecule has 2 aromatic rings. The zero-order chi connectivity index (χ0) is 32.7. The van der Waals surface area contributed by atoms with E-state index in [9.17, 15) is 27.1 Å². The Labute approximate surface area is 262 Å². The van der Waals surface area contributed by atoms with E-state index in [4.69, 9.17) is 0 Å². The summed E-state index contributed by atoms with van der Waals surface area (Å²) in [5.74, 6) is -2.27. The van der Waals surface area contributed by atoms with Gasteiger partial charge in [-0.3, -0.25) is 4.79 Å². The first-order valence-electron chi connectivity index (χ1n) is 15.3. The van der Waals surface area contributed by atoms with Gasteiger partial charge in [0.05, 0.1) is 17.9 Å². The highest BCUT2D eigenvalue weighted by atomic mass is 32.2. The lowest BCUT2D eigenvalue weighted by Gasteiger charge is -2.30. The normalized spacial score (nSPS) is 13.8. The number of aliphatic hydroxyl groups excluding tert-OH is 1. The minimum Gasteiger partial charge on any atom is -0.390 e. The minimum atomic E-state index is -3.74. The second-order valence-electron chi connectivity index (χ2n) is 11.3. The number of carbonyl (C=O) groups is 1. The van der Waals surface area contributed by atoms with Crippen molar-refractivity contribution in [1.82, 2.24) is 14.9 Å². The summed E-state index contributed by atoms with van der Waals surface area (Å²) in [6.45, 7) is 12.0. The molecule has 0 aromatic heterocycles. The van der Waals surface area contributed by atoms with E-state index in [1.54, 1.807) is 0 Å². The van der Waals surface area contributed by atoms with Gasteiger partial charge in [0.2, 0.25) is 15.9 Å². The van der Waals surface area contributed by atoms with E-state index < -0.39 is 45.8 Å². The third-order valence-electron chi connectivity index (χ3n) is 7.63. The first kappa shape index (κ1) is 37.3. The van der Waals surface area contributed by atoms with Gasteiger partial charge in [0.25, 0.3) is 0 Å². The predicted octanol–water partition coefficient (Wildman–Crippen LogP) is 5.36. The Kier molecular flexibility index (Phi) is 15.9. The Morgan fingerprint density at radius 2 is 1.75 bits per heavy atom. The van der Waals surface area contributed by atoms with Crippen LogP contribution in [0.4, 0.5) is 8.78 Å². The number of likely N-dealkylation sites (N-methyl/N-ethyl adjacent to an activating group) is 1. The highest BCUT2D eigenvalue weighted by Gasteiger charge is 2.33. The van der Waals surface area contributed by atoms with Gasteiger partial charge in [-0.15, -0.1) is 13.2 Å². The molecular weight excluding hydrogens is 584 g/mol. The van der Waals surface area contributed by atoms with Crippen LogP contribution >= 0.6 is 0 Å². The number of hydrogen-bond acceptors (Lipinski definition) is 5. The van der Waals surface area contributed by atoms with E-state index in [-0.39, 0.29) is 30.7 Å². The van der Waals surface area contributed by atoms with Crippen molar-refractivity contribution >= 4 is 15.9 Å². The number of aryl methyl sites for hydroxylation is 2. The molecule has 44 heavy (non-hydrogen) atoms. The van der Waals surface area contributed by atoms with Crippen molar-refractivity contribution in [3.63, 3.8) is 0 Å². The molecule has 10 heteroatoms. The number of halogens is 2. The highest BCUT2D eigenvalue weighted by Crippen LogP contribution is 2.17. The molecule has 0 radical (unpaired) electrons. The van der Waals surface area contributed by atoms with Gasteiger partial charge in [0.15, 0.2) is 0 Å². The second-order valence-corrected chi connectivity index (χ2v) is 13.5. The lowest BCUT2D eigenvalue weighted by Crippen LogP contribution is -2.55. The summed E-state index contributed by atoms with van der Waals surface area (Å²) in [7, 11) is -2.38. The molecule has 0 saturated heterocycles. The maximum absolute atomic E-state index is 14.0. The molecule has 244 valence electrons. The summed E-state index contributed by atoms with van der Waals surface area (Å²) >= 11 is 0. The van der Waals surface area contributed by atoms with Crippen molar-refractivity contribution in [2.45, 2.75) is 89.9 Å². The van der Waals surface area contributed by atoms with Crippen molar-refractivity contribution in [3.8, 4) is 0 Å². The Balaban J connectivity index is 2.24. The topological polar surface area (TPSA) is 98.7 Å². The Bertz CT molecular complexity index is 1320. The third-order valence-corrected chi connectivity index (χ3v) is 9.57. The Morgan fingerprint density at radius 3 is 2.39 bits per heavy atom. The fraction of sp³-hybridized carbons (Fsp3) is 0.500. The van der Waals surface area contributed by atoms with Gasteiger partial charge in [0, 0.05) is 26.2 Å². The Hall–Kier alpha value is -2.92. The van der Waals surface area contributed by atoms with Gasteiger partial charge in [-0.1, -0.05) is 55.7 Å². The molecule has 0 bridgehead atoms. The van der Waals surface area contributed by atoms with Crippen LogP contribution in [-0.2, 0) is 34.2 Å². The molecule has 7 nitrogen and oxygen atoms in total. The number of rotatable bonds is 21. The van der Waals surface area contributed by atoms with E-state index >= 15 is 0 Å². The number of carbonyl (C=O) groups excluding carboxylic acids is 1. The summed E-state index contributed by atoms with van der Waals surface area (Å²) in [5.41, 5.74) is 3.64. The summed E-state index contributed by atoms with van der Waals surface area (Å²) in [5, 5.41) is 17.3. The SMILES string of the molecule is C=CCCCc1ccc(C)cc1CNC[C@@H](O)[C@H](Cc1cc(F)cc(F)c1)NC(=O)[C@H](CC=C)N(C)S(=O)(=O)CCCCC. The number of benzene rings is 2. The molecule has 0 heterocycles. The summed E-state index contributed by atoms with van der Waals surface area (Å²) in [4.78, 5) is 13.5. The summed E-state index contributed by atoms with van der Waals surface area (Å²) in [6.07, 6.45) is 7.00. The number of aliphatic hydroxyl groups is 1. The van der Waals surface area contributed by atoms with Gasteiger partial charge in [-0.05, 0) is 74.3 Å². The van der Waals surface area contributed by atoms with Gasteiger partial charge in [-0.25, -0.2) is 17.2 Å². The van der Waals surface area contributed by atoms with Crippen molar-refractivity contribution < 1.29 is 27.1 Å². The van der Waals surface area contributed by atoms with Crippen LogP contribution in [0.25, 0.3) is 0 Å². The predicted molar refractivity (Wildman–Crippen MR) is 174 cm³/mol. The first-order chi connectivity index (χ1) is 20.9. The maximum atomic E-state index is 14.0. The van der Waals surface area contributed by atoms with Gasteiger partial charge in [-0.2, -0.15) is 4.31 Å². The van der Waals surface area contributed by atoms with Crippen molar-refractivity contribution in [3.05, 3.63) is 95.6 Å². The number of allylic oxidation sites excluding steroid dienone is 1. The molecule has 2 aromatic carbocycles. The first-order valence-corrected chi connectivity index (χ1v) is 16.9. The molecular formula is C34H49F2N3O4S. The number of sulfonamides is 1. The summed E-state index contributed by atoms with van der Waals surface area (Å²) in [6, 6.07) is 7.23. The zero-order valence-electron chi connectivity index (χ0n) is 26.3. The molecule has 0 aliphatic carbocycles. The Morgan fingerprint density at radius 1 is 1.05 bits per heavy atom. The van der Waals surface area contributed by atoms with Crippen LogP contribution in [0.2, 0.25) is 0 Å². The number of amides is 1. The molecule has 0 saturated carbocycles. The van der Waals surface area contributed by atoms with E-state index in [1.165, 1.54) is 18.7 Å². The number of nitrogens with zero attached hydrogens (tertiary/aromatic N) is 1. The smallest absolute Gasteiger partial charge is 0.239 e. The number of unbranched alkanes of at least 4 members (excludes halogenated alkanes) is 3. The number of hydrogen-bond donors (Lipinski definition) is 3. The van der Waals surface area contributed by atoms with Gasteiger partial charge < -0.3 is 15.7 Å². The molecule has 1 amide bonds. The lowest BCUT2D eigenvalue weighted by molar-refractivity contribution is -0.126. The number of nitrogens with one attached hydrogen (secondary N) is 2. The van der Waals surface area contributed by atoms with Crippen LogP contribution in [0.1, 0.15) is 67.7 Å². The maximum Gasteiger partial charge on any atom is 0.239 e. The summed E-state index contributed by atoms with van der Waals surface area (Å²) < 4.78 is 55.1. The largest absolute Gasteiger partial charge is 0.390 e. The molecule has 0 fully saturated rings. The van der Waals surface area contributed by atoms with Crippen molar-refractivity contribution in [2.75, 3.05) is 19.3 Å². The lowest BCUT2D eigenvalue weighted by atomic mass is 9.98. The molecule has 0 unspecified atom stereocenters. The van der Waals surface area contributed by atoms with Crippen LogP contribution in [0, 0.1) is 18.6 Å². The van der Waals surface area contributed by atoms with E-state index in [0.717, 1.165) is 65.7 Å². The van der Waals surface area contributed by atoms with Crippen LogP contribution in [0.5, 0.6) is 0 Å². The van der Waals surface area contributed by atoms with Gasteiger partial charge in [0.1, 0.15) is 17.7 Å². The van der Waals surface area contributed by atoms with E-state index in [0.29, 0.717) is 13.0 Å². The van der Waals surface area contributed by atoms with E-state index in [1.807, 2.05) is 19.9 Å². The third kappa shape index (κ3) is 12.2. The molecule has 0 aliphatic heterocycles. The average Bonchev–Trinajstić information content (AvgIpc) is 2.95.